The fourth-order valence-corrected chi connectivity index (χ4v) is 1.88. The van der Waals surface area contributed by atoms with Gasteiger partial charge in [0.05, 0.1) is 0 Å². The summed E-state index contributed by atoms with van der Waals surface area (Å²) in [5.74, 6) is 0. The smallest absolute Gasteiger partial charge is 0.144 e. The van der Waals surface area contributed by atoms with Crippen molar-refractivity contribution in [3.05, 3.63) is 8.96 Å². The molecule has 4 heteroatoms. The zero-order valence-electron chi connectivity index (χ0n) is 5.47. The number of rotatable bonds is 1. The van der Waals surface area contributed by atoms with E-state index in [0.29, 0.717) is 0 Å². The van der Waals surface area contributed by atoms with Crippen molar-refractivity contribution in [3.63, 3.8) is 0 Å². The highest BCUT2D eigenvalue weighted by atomic mass is 32.1. The van der Waals surface area contributed by atoms with E-state index in [4.69, 9.17) is 12.2 Å². The van der Waals surface area contributed by atoms with Crippen LogP contribution in [0.1, 0.15) is 11.9 Å². The van der Waals surface area contributed by atoms with E-state index in [1.54, 1.807) is 11.3 Å². The van der Waals surface area contributed by atoms with Crippen molar-refractivity contribution in [2.24, 2.45) is 0 Å². The molecule has 2 nitrogen and oxygen atoms in total. The molecule has 0 aliphatic carbocycles. The summed E-state index contributed by atoms with van der Waals surface area (Å²) in [6.07, 6.45) is 0. The monoisotopic (exact) mass is 161 g/mol. The maximum Gasteiger partial charge on any atom is 0.260 e. The Labute approximate surface area is 63.1 Å². The molecule has 0 spiro atoms. The maximum atomic E-state index is 4.93. The Morgan fingerprint density at radius 3 is 2.67 bits per heavy atom. The van der Waals surface area contributed by atoms with Crippen molar-refractivity contribution in [2.45, 2.75) is 20.4 Å². The van der Waals surface area contributed by atoms with Gasteiger partial charge in [-0.05, 0) is 30.5 Å². The number of aromatic amines is 1. The van der Waals surface area contributed by atoms with E-state index < -0.39 is 0 Å². The molecule has 1 aromatic heterocycles. The molecule has 0 radical (unpaired) electrons. The minimum atomic E-state index is 0.856. The van der Waals surface area contributed by atoms with Crippen molar-refractivity contribution >= 4 is 23.6 Å². The molecule has 0 unspecified atom stereocenters. The molecule has 0 fully saturated rings. The van der Waals surface area contributed by atoms with E-state index in [9.17, 15) is 0 Å². The fraction of sp³-hybridized carbons (Fsp3) is 0.600. The van der Waals surface area contributed by atoms with E-state index >= 15 is 0 Å². The molecule has 0 bridgehead atoms. The van der Waals surface area contributed by atoms with Crippen LogP contribution in [-0.4, -0.2) is 5.10 Å². The van der Waals surface area contributed by atoms with Gasteiger partial charge in [0.2, 0.25) is 3.95 Å². The fourth-order valence-electron chi connectivity index (χ4n) is 0.703. The first-order chi connectivity index (χ1) is 4.24. The highest BCUT2D eigenvalue weighted by Gasteiger charge is 2.04. The molecule has 0 saturated carbocycles. The molecule has 1 heterocycles. The Morgan fingerprint density at radius 2 is 2.44 bits per heavy atom. The van der Waals surface area contributed by atoms with Crippen LogP contribution in [0.2, 0.25) is 0 Å². The van der Waals surface area contributed by atoms with Gasteiger partial charge in [-0.3, -0.25) is 0 Å². The first kappa shape index (κ1) is 6.89. The number of hydrogen-bond donors (Lipinski definition) is 1. The van der Waals surface area contributed by atoms with Crippen molar-refractivity contribution in [3.8, 4) is 0 Å². The third-order valence-corrected chi connectivity index (χ3v) is 2.30. The lowest BCUT2D eigenvalue weighted by molar-refractivity contribution is -0.751. The maximum absolute atomic E-state index is 4.93. The Kier molecular flexibility index (Phi) is 1.97. The molecule has 50 valence electrons. The van der Waals surface area contributed by atoms with Gasteiger partial charge in [-0.15, -0.1) is 9.78 Å². The number of aryl methyl sites for hydroxylation is 2. The zero-order chi connectivity index (χ0) is 6.85. The van der Waals surface area contributed by atoms with Crippen molar-refractivity contribution in [1.29, 1.82) is 0 Å². The van der Waals surface area contributed by atoms with Gasteiger partial charge in [0.15, 0.2) is 6.54 Å². The highest BCUT2D eigenvalue weighted by molar-refractivity contribution is 7.73. The largest absolute Gasteiger partial charge is 0.260 e. The summed E-state index contributed by atoms with van der Waals surface area (Å²) in [5, 5.41) is 4.28. The van der Waals surface area contributed by atoms with Gasteiger partial charge < -0.3 is 0 Å². The Hall–Kier alpha value is -0.220. The van der Waals surface area contributed by atoms with Gasteiger partial charge in [-0.1, -0.05) is 0 Å². The predicted octanol–water partition coefficient (Wildman–Crippen LogP) is 1.42. The van der Waals surface area contributed by atoms with Crippen LogP contribution in [0.3, 0.4) is 0 Å². The molecule has 0 aromatic carbocycles. The van der Waals surface area contributed by atoms with Gasteiger partial charge in [-0.2, -0.15) is 0 Å². The van der Waals surface area contributed by atoms with Crippen LogP contribution >= 0.6 is 23.6 Å². The molecule has 9 heavy (non-hydrogen) atoms. The van der Waals surface area contributed by atoms with Crippen LogP contribution in [0.15, 0.2) is 0 Å². The van der Waals surface area contributed by atoms with E-state index in [-0.39, 0.29) is 0 Å². The van der Waals surface area contributed by atoms with Gasteiger partial charge >= 0.3 is 0 Å². The highest BCUT2D eigenvalue weighted by Crippen LogP contribution is 1.98. The molecule has 0 aliphatic rings. The molecule has 0 atom stereocenters. The number of nitrogens with one attached hydrogen (secondary N) is 1. The van der Waals surface area contributed by atoms with Gasteiger partial charge in [-0.25, -0.2) is 0 Å². The van der Waals surface area contributed by atoms with Crippen LogP contribution < -0.4 is 4.68 Å². The van der Waals surface area contributed by atoms with Crippen molar-refractivity contribution in [1.82, 2.24) is 5.10 Å². The third kappa shape index (κ3) is 1.37. The van der Waals surface area contributed by atoms with E-state index in [2.05, 4.69) is 18.9 Å². The molecule has 1 N–H and O–H groups in total. The first-order valence-corrected chi connectivity index (χ1v) is 4.06. The summed E-state index contributed by atoms with van der Waals surface area (Å²) < 4.78 is 2.89. The summed E-state index contributed by atoms with van der Waals surface area (Å²) >= 11 is 6.54. The molecule has 0 aliphatic heterocycles. The van der Waals surface area contributed by atoms with Gasteiger partial charge in [0.1, 0.15) is 0 Å². The minimum absolute atomic E-state index is 0.856. The lowest BCUT2D eigenvalue weighted by atomic mass is 10.7. The summed E-state index contributed by atoms with van der Waals surface area (Å²) in [7, 11) is 0. The number of H-pyrrole nitrogens is 1. The number of hydrogen-bond acceptors (Lipinski definition) is 2. The third-order valence-electron chi connectivity index (χ3n) is 1.16. The summed E-state index contributed by atoms with van der Waals surface area (Å²) in [6, 6.07) is 0. The Balaban J connectivity index is 3.16. The molecular formula is C5H9N2S2+. The lowest BCUT2D eigenvalue weighted by Crippen LogP contribution is -2.36. The van der Waals surface area contributed by atoms with Crippen LogP contribution in [0.25, 0.3) is 0 Å². The lowest BCUT2D eigenvalue weighted by Gasteiger charge is -1.81. The number of aromatic nitrogens is 2. The summed E-state index contributed by atoms with van der Waals surface area (Å²) in [5.41, 5.74) is 0. The topological polar surface area (TPSA) is 19.7 Å². The second kappa shape index (κ2) is 2.58. The van der Waals surface area contributed by atoms with Crippen LogP contribution in [-0.2, 0) is 6.54 Å². The average molecular weight is 161 g/mol. The SMILES string of the molecule is CC[n+]1[nH]c(=S)sc1C. The van der Waals surface area contributed by atoms with E-state index in [0.717, 1.165) is 10.5 Å². The Bertz CT molecular complexity index is 248. The Morgan fingerprint density at radius 1 is 1.78 bits per heavy atom. The van der Waals surface area contributed by atoms with Gasteiger partial charge in [0, 0.05) is 6.92 Å². The summed E-state index contributed by atoms with van der Waals surface area (Å²) in [4.78, 5) is 0. The second-order valence-corrected chi connectivity index (χ2v) is 3.63. The quantitative estimate of drug-likeness (QED) is 0.488. The minimum Gasteiger partial charge on any atom is -0.144 e. The van der Waals surface area contributed by atoms with E-state index in [1.807, 2.05) is 4.68 Å². The molecular weight excluding hydrogens is 152 g/mol. The normalized spacial score (nSPS) is 10.0. The van der Waals surface area contributed by atoms with E-state index in [1.165, 1.54) is 5.01 Å². The predicted molar refractivity (Wildman–Crippen MR) is 40.1 cm³/mol. The van der Waals surface area contributed by atoms with Crippen LogP contribution in [0.5, 0.6) is 0 Å². The van der Waals surface area contributed by atoms with Crippen molar-refractivity contribution < 1.29 is 4.68 Å². The first-order valence-electron chi connectivity index (χ1n) is 2.83. The van der Waals surface area contributed by atoms with Gasteiger partial charge in [0.25, 0.3) is 5.01 Å². The molecule has 1 aromatic rings. The summed E-state index contributed by atoms with van der Waals surface area (Å²) in [6.45, 7) is 5.12. The van der Waals surface area contributed by atoms with Crippen LogP contribution in [0, 0.1) is 10.9 Å². The number of nitrogens with zero attached hydrogens (tertiary/aromatic N) is 1. The average Bonchev–Trinajstić information content (AvgIpc) is 2.10. The van der Waals surface area contributed by atoms with Crippen LogP contribution in [0.4, 0.5) is 0 Å². The second-order valence-electron chi connectivity index (χ2n) is 1.76. The standard InChI is InChI=1S/C5H8N2S2/c1-3-7-4(2)9-5(8)6-7/h3H2,1-2H3/p+1. The molecule has 1 rings (SSSR count). The zero-order valence-corrected chi connectivity index (χ0v) is 7.10. The molecule has 0 amide bonds. The van der Waals surface area contributed by atoms with Crippen molar-refractivity contribution in [2.75, 3.05) is 0 Å². The molecule has 0 saturated heterocycles.